The van der Waals surface area contributed by atoms with Crippen molar-refractivity contribution in [1.82, 2.24) is 9.88 Å². The van der Waals surface area contributed by atoms with E-state index in [0.29, 0.717) is 6.04 Å². The highest BCUT2D eigenvalue weighted by Gasteiger charge is 2.25. The summed E-state index contributed by atoms with van der Waals surface area (Å²) in [5, 5.41) is 0.958. The molecule has 0 spiro atoms. The van der Waals surface area contributed by atoms with Crippen molar-refractivity contribution < 1.29 is 4.39 Å². The summed E-state index contributed by atoms with van der Waals surface area (Å²) in [6.45, 7) is 2.05. The van der Waals surface area contributed by atoms with Crippen LogP contribution in [0.25, 0.3) is 10.9 Å². The first-order chi connectivity index (χ1) is 11.7. The van der Waals surface area contributed by atoms with Crippen LogP contribution in [0, 0.1) is 5.82 Å². The quantitative estimate of drug-likeness (QED) is 0.602. The highest BCUT2D eigenvalue weighted by atomic mass is 79.9. The van der Waals surface area contributed by atoms with Crippen LogP contribution in [-0.4, -0.2) is 16.4 Å². The molecule has 1 N–H and O–H groups in total. The van der Waals surface area contributed by atoms with Gasteiger partial charge >= 0.3 is 0 Å². The van der Waals surface area contributed by atoms with Crippen LogP contribution < -0.4 is 0 Å². The molecule has 1 aliphatic heterocycles. The van der Waals surface area contributed by atoms with Crippen molar-refractivity contribution in [3.63, 3.8) is 0 Å². The van der Waals surface area contributed by atoms with Crippen LogP contribution in [0.2, 0.25) is 0 Å². The van der Waals surface area contributed by atoms with Crippen molar-refractivity contribution >= 4 is 26.8 Å². The fourth-order valence-electron chi connectivity index (χ4n) is 3.66. The van der Waals surface area contributed by atoms with Crippen molar-refractivity contribution in [2.75, 3.05) is 6.54 Å². The monoisotopic (exact) mass is 386 g/mol. The lowest BCUT2D eigenvalue weighted by atomic mass is 9.98. The van der Waals surface area contributed by atoms with Crippen molar-refractivity contribution in [2.24, 2.45) is 0 Å². The van der Waals surface area contributed by atoms with Crippen molar-refractivity contribution in [3.8, 4) is 0 Å². The molecule has 4 rings (SSSR count). The van der Waals surface area contributed by atoms with Gasteiger partial charge in [0, 0.05) is 27.6 Å². The van der Waals surface area contributed by atoms with Crippen molar-refractivity contribution in [3.05, 3.63) is 70.1 Å². The van der Waals surface area contributed by atoms with Gasteiger partial charge in [0.05, 0.1) is 6.04 Å². The van der Waals surface area contributed by atoms with Crippen LogP contribution in [0.4, 0.5) is 4.39 Å². The third-order valence-electron chi connectivity index (χ3n) is 4.88. The number of aromatic amines is 1. The Balaban J connectivity index is 1.61. The zero-order chi connectivity index (χ0) is 16.5. The molecule has 2 nitrogen and oxygen atoms in total. The molecule has 2 heterocycles. The lowest BCUT2D eigenvalue weighted by molar-refractivity contribution is 0.138. The number of hydrogen-bond acceptors (Lipinski definition) is 1. The van der Waals surface area contributed by atoms with E-state index in [9.17, 15) is 4.39 Å². The molecular formula is C20H20BrFN2. The molecule has 0 bridgehead atoms. The number of H-pyrrole nitrogens is 1. The maximum atomic E-state index is 13.5. The molecule has 1 atom stereocenters. The lowest BCUT2D eigenvalue weighted by Crippen LogP contribution is -2.33. The molecule has 0 radical (unpaired) electrons. The third kappa shape index (κ3) is 3.26. The van der Waals surface area contributed by atoms with E-state index in [2.05, 4.69) is 56.1 Å². The molecule has 24 heavy (non-hydrogen) atoms. The molecular weight excluding hydrogens is 367 g/mol. The van der Waals surface area contributed by atoms with Gasteiger partial charge in [-0.25, -0.2) is 4.39 Å². The maximum Gasteiger partial charge on any atom is 0.123 e. The minimum Gasteiger partial charge on any atom is -0.357 e. The normalized spacial score (nSPS) is 19.0. The number of hydrogen-bond donors (Lipinski definition) is 1. The molecule has 0 saturated carbocycles. The number of nitrogens with one attached hydrogen (secondary N) is 1. The van der Waals surface area contributed by atoms with Gasteiger partial charge in [0.15, 0.2) is 0 Å². The molecule has 0 amide bonds. The van der Waals surface area contributed by atoms with Crippen LogP contribution in [0.15, 0.2) is 53.0 Å². The van der Waals surface area contributed by atoms with Gasteiger partial charge in [-0.1, -0.05) is 34.5 Å². The van der Waals surface area contributed by atoms with E-state index in [4.69, 9.17) is 0 Å². The lowest BCUT2D eigenvalue weighted by Gasteiger charge is -2.35. The Bertz CT molecular complexity index is 840. The predicted octanol–water partition coefficient (Wildman–Crippen LogP) is 5.80. The molecule has 3 aromatic rings. The average molecular weight is 387 g/mol. The third-order valence-corrected chi connectivity index (χ3v) is 5.40. The number of nitrogens with zero attached hydrogens (tertiary/aromatic N) is 1. The summed E-state index contributed by atoms with van der Waals surface area (Å²) in [4.78, 5) is 6.04. The van der Waals surface area contributed by atoms with Gasteiger partial charge in [-0.05, 0) is 61.3 Å². The summed E-state index contributed by atoms with van der Waals surface area (Å²) < 4.78 is 14.6. The number of rotatable bonds is 3. The van der Waals surface area contributed by atoms with Crippen molar-refractivity contribution in [1.29, 1.82) is 0 Å². The van der Waals surface area contributed by atoms with Crippen LogP contribution >= 0.6 is 15.9 Å². The summed E-state index contributed by atoms with van der Waals surface area (Å²) in [7, 11) is 0. The molecule has 2 aromatic carbocycles. The van der Waals surface area contributed by atoms with E-state index in [1.165, 1.54) is 30.2 Å². The van der Waals surface area contributed by atoms with Crippen LogP contribution in [0.3, 0.4) is 0 Å². The van der Waals surface area contributed by atoms with Gasteiger partial charge in [-0.3, -0.25) is 4.90 Å². The Morgan fingerprint density at radius 2 is 1.92 bits per heavy atom. The number of aromatic nitrogens is 1. The summed E-state index contributed by atoms with van der Waals surface area (Å²) >= 11 is 3.50. The van der Waals surface area contributed by atoms with Gasteiger partial charge in [-0.2, -0.15) is 0 Å². The summed E-state index contributed by atoms with van der Waals surface area (Å²) in [6.07, 6.45) is 3.62. The predicted molar refractivity (Wildman–Crippen MR) is 99.4 cm³/mol. The topological polar surface area (TPSA) is 19.0 Å². The second-order valence-electron chi connectivity index (χ2n) is 6.56. The maximum absolute atomic E-state index is 13.5. The fourth-order valence-corrected chi connectivity index (χ4v) is 3.93. The first-order valence-electron chi connectivity index (χ1n) is 8.46. The van der Waals surface area contributed by atoms with E-state index >= 15 is 0 Å². The average Bonchev–Trinajstić information content (AvgIpc) is 3.00. The number of halogens is 2. The van der Waals surface area contributed by atoms with Gasteiger partial charge in [0.1, 0.15) is 5.82 Å². The zero-order valence-electron chi connectivity index (χ0n) is 13.4. The Morgan fingerprint density at radius 3 is 2.75 bits per heavy atom. The second-order valence-corrected chi connectivity index (χ2v) is 7.48. The van der Waals surface area contributed by atoms with E-state index in [1.54, 1.807) is 6.07 Å². The Hall–Kier alpha value is -1.65. The summed E-state index contributed by atoms with van der Waals surface area (Å²) in [6, 6.07) is 16.0. The minimum absolute atomic E-state index is 0.177. The standard InChI is InChI=1S/C20H20BrFN2/c21-16-6-4-14(5-7-16)13-24-10-2-1-3-20(24)19-12-15-11-17(22)8-9-18(15)23-19/h4-9,11-12,20,23H,1-3,10,13H2. The van der Waals surface area contributed by atoms with Gasteiger partial charge in [0.2, 0.25) is 0 Å². The molecule has 1 aromatic heterocycles. The van der Waals surface area contributed by atoms with Crippen LogP contribution in [0.1, 0.15) is 36.6 Å². The van der Waals surface area contributed by atoms with E-state index in [-0.39, 0.29) is 5.82 Å². The first kappa shape index (κ1) is 15.9. The molecule has 1 fully saturated rings. The van der Waals surface area contributed by atoms with E-state index in [1.807, 2.05) is 6.07 Å². The molecule has 124 valence electrons. The van der Waals surface area contributed by atoms with E-state index < -0.39 is 0 Å². The molecule has 1 aliphatic rings. The number of fused-ring (bicyclic) bond motifs is 1. The smallest absolute Gasteiger partial charge is 0.123 e. The molecule has 4 heteroatoms. The summed E-state index contributed by atoms with van der Waals surface area (Å²) in [5.41, 5.74) is 3.54. The Labute approximate surface area is 149 Å². The SMILES string of the molecule is Fc1ccc2[nH]c(C3CCCCN3Cc3ccc(Br)cc3)cc2c1. The summed E-state index contributed by atoms with van der Waals surface area (Å²) in [5.74, 6) is -0.177. The molecule has 1 unspecified atom stereocenters. The van der Waals surface area contributed by atoms with Crippen molar-refractivity contribution in [2.45, 2.75) is 31.8 Å². The van der Waals surface area contributed by atoms with Crippen LogP contribution in [-0.2, 0) is 6.54 Å². The molecule has 1 saturated heterocycles. The Morgan fingerprint density at radius 1 is 1.08 bits per heavy atom. The largest absolute Gasteiger partial charge is 0.357 e. The van der Waals surface area contributed by atoms with Gasteiger partial charge < -0.3 is 4.98 Å². The Kier molecular flexibility index (Phi) is 4.42. The van der Waals surface area contributed by atoms with Gasteiger partial charge in [0.25, 0.3) is 0 Å². The number of likely N-dealkylation sites (tertiary alicyclic amines) is 1. The van der Waals surface area contributed by atoms with Crippen LogP contribution in [0.5, 0.6) is 0 Å². The minimum atomic E-state index is -0.177. The van der Waals surface area contributed by atoms with Gasteiger partial charge in [-0.15, -0.1) is 0 Å². The van der Waals surface area contributed by atoms with E-state index in [0.717, 1.165) is 34.9 Å². The fraction of sp³-hybridized carbons (Fsp3) is 0.300. The highest BCUT2D eigenvalue weighted by molar-refractivity contribution is 9.10. The molecule has 0 aliphatic carbocycles. The number of piperidine rings is 1. The second kappa shape index (κ2) is 6.69. The number of benzene rings is 2. The highest BCUT2D eigenvalue weighted by Crippen LogP contribution is 2.33. The zero-order valence-corrected chi connectivity index (χ0v) is 15.0. The first-order valence-corrected chi connectivity index (χ1v) is 9.25.